The molecule has 0 aromatic heterocycles. The molecule has 1 atom stereocenters. The third kappa shape index (κ3) is 1.82. The van der Waals surface area contributed by atoms with E-state index in [1.54, 1.807) is 0 Å². The molecule has 0 spiro atoms. The molecule has 0 aromatic carbocycles. The zero-order chi connectivity index (χ0) is 7.45. The van der Waals surface area contributed by atoms with Gasteiger partial charge in [-0.15, -0.1) is 6.58 Å². The average molecular weight is 142 g/mol. The average Bonchev–Trinajstić information content (AvgIpc) is 2.70. The van der Waals surface area contributed by atoms with E-state index >= 15 is 0 Å². The summed E-state index contributed by atoms with van der Waals surface area (Å²) in [4.78, 5) is 0. The number of hydrogen-bond acceptors (Lipinski definition) is 2. The fourth-order valence-corrected chi connectivity index (χ4v) is 0.985. The highest BCUT2D eigenvalue weighted by Gasteiger charge is 2.42. The summed E-state index contributed by atoms with van der Waals surface area (Å²) in [7, 11) is 0. The van der Waals surface area contributed by atoms with E-state index in [4.69, 9.17) is 9.84 Å². The zero-order valence-corrected chi connectivity index (χ0v) is 6.18. The zero-order valence-electron chi connectivity index (χ0n) is 6.18. The monoisotopic (exact) mass is 142 g/mol. The Kier molecular flexibility index (Phi) is 2.46. The van der Waals surface area contributed by atoms with Crippen LogP contribution in [0.25, 0.3) is 0 Å². The number of allylic oxidation sites excluding steroid dienone is 1. The van der Waals surface area contributed by atoms with Gasteiger partial charge in [-0.3, -0.25) is 0 Å². The van der Waals surface area contributed by atoms with Crippen LogP contribution in [-0.4, -0.2) is 23.9 Å². The highest BCUT2D eigenvalue weighted by Crippen LogP contribution is 2.31. The SMILES string of the molecule is C=CCCC[C@@]1(CO)CO1. The van der Waals surface area contributed by atoms with Crippen LogP contribution in [0.5, 0.6) is 0 Å². The molecule has 1 rings (SSSR count). The third-order valence-corrected chi connectivity index (χ3v) is 1.88. The molecule has 2 nitrogen and oxygen atoms in total. The highest BCUT2D eigenvalue weighted by molar-refractivity contribution is 4.91. The summed E-state index contributed by atoms with van der Waals surface area (Å²) >= 11 is 0. The van der Waals surface area contributed by atoms with Crippen LogP contribution >= 0.6 is 0 Å². The van der Waals surface area contributed by atoms with Crippen LogP contribution in [-0.2, 0) is 4.74 Å². The highest BCUT2D eigenvalue weighted by atomic mass is 16.6. The Balaban J connectivity index is 2.06. The number of aliphatic hydroxyl groups excluding tert-OH is 1. The van der Waals surface area contributed by atoms with Crippen LogP contribution in [0.3, 0.4) is 0 Å². The Bertz CT molecular complexity index is 116. The van der Waals surface area contributed by atoms with Crippen molar-refractivity contribution in [1.82, 2.24) is 0 Å². The lowest BCUT2D eigenvalue weighted by atomic mass is 10.0. The lowest BCUT2D eigenvalue weighted by Gasteiger charge is -2.04. The normalized spacial score (nSPS) is 30.1. The summed E-state index contributed by atoms with van der Waals surface area (Å²) in [5.41, 5.74) is -0.150. The Morgan fingerprint density at radius 2 is 2.40 bits per heavy atom. The van der Waals surface area contributed by atoms with E-state index < -0.39 is 0 Å². The smallest absolute Gasteiger partial charge is 0.115 e. The summed E-state index contributed by atoms with van der Waals surface area (Å²) in [6.07, 6.45) is 4.96. The van der Waals surface area contributed by atoms with Crippen molar-refractivity contribution in [2.45, 2.75) is 24.9 Å². The predicted octanol–water partition coefficient (Wildman–Crippen LogP) is 1.10. The van der Waals surface area contributed by atoms with E-state index in [9.17, 15) is 0 Å². The molecule has 0 saturated carbocycles. The fourth-order valence-electron chi connectivity index (χ4n) is 0.985. The maximum Gasteiger partial charge on any atom is 0.115 e. The maximum atomic E-state index is 8.81. The summed E-state index contributed by atoms with van der Waals surface area (Å²) in [5, 5.41) is 8.81. The van der Waals surface area contributed by atoms with Crippen molar-refractivity contribution < 1.29 is 9.84 Å². The van der Waals surface area contributed by atoms with Crippen molar-refractivity contribution in [3.05, 3.63) is 12.7 Å². The van der Waals surface area contributed by atoms with Crippen LogP contribution in [0.1, 0.15) is 19.3 Å². The van der Waals surface area contributed by atoms with Gasteiger partial charge in [0.1, 0.15) is 5.60 Å². The molecule has 0 unspecified atom stereocenters. The summed E-state index contributed by atoms with van der Waals surface area (Å²) in [6, 6.07) is 0. The Morgan fingerprint density at radius 3 is 2.80 bits per heavy atom. The molecule has 0 bridgehead atoms. The number of aliphatic hydroxyl groups is 1. The summed E-state index contributed by atoms with van der Waals surface area (Å²) in [6.45, 7) is 4.53. The van der Waals surface area contributed by atoms with Crippen LogP contribution in [0.15, 0.2) is 12.7 Å². The van der Waals surface area contributed by atoms with Crippen molar-refractivity contribution in [3.63, 3.8) is 0 Å². The first-order valence-corrected chi connectivity index (χ1v) is 3.69. The van der Waals surface area contributed by atoms with Crippen molar-refractivity contribution in [3.8, 4) is 0 Å². The second kappa shape index (κ2) is 3.17. The van der Waals surface area contributed by atoms with Gasteiger partial charge in [0.05, 0.1) is 13.2 Å². The minimum Gasteiger partial charge on any atom is -0.393 e. The number of ether oxygens (including phenoxy) is 1. The topological polar surface area (TPSA) is 32.8 Å². The molecule has 1 N–H and O–H groups in total. The van der Waals surface area contributed by atoms with Gasteiger partial charge in [-0.1, -0.05) is 6.08 Å². The van der Waals surface area contributed by atoms with Gasteiger partial charge >= 0.3 is 0 Å². The molecule has 0 aliphatic carbocycles. The largest absolute Gasteiger partial charge is 0.393 e. The van der Waals surface area contributed by atoms with Crippen LogP contribution in [0.2, 0.25) is 0 Å². The molecule has 2 heteroatoms. The molecule has 58 valence electrons. The van der Waals surface area contributed by atoms with Gasteiger partial charge in [0, 0.05) is 0 Å². The van der Waals surface area contributed by atoms with E-state index in [-0.39, 0.29) is 12.2 Å². The van der Waals surface area contributed by atoms with Crippen LogP contribution in [0, 0.1) is 0 Å². The molecule has 0 radical (unpaired) electrons. The standard InChI is InChI=1S/C8H14O2/c1-2-3-4-5-8(6-9)7-10-8/h2,9H,1,3-7H2/t8-/m1/s1. The first-order chi connectivity index (χ1) is 4.83. The molecule has 0 aromatic rings. The van der Waals surface area contributed by atoms with Crippen LogP contribution in [0.4, 0.5) is 0 Å². The van der Waals surface area contributed by atoms with Gasteiger partial charge in [-0.2, -0.15) is 0 Å². The molecule has 1 aliphatic rings. The van der Waals surface area contributed by atoms with Gasteiger partial charge in [-0.25, -0.2) is 0 Å². The van der Waals surface area contributed by atoms with Crippen molar-refractivity contribution >= 4 is 0 Å². The Hall–Kier alpha value is -0.340. The minimum atomic E-state index is -0.150. The fraction of sp³-hybridized carbons (Fsp3) is 0.750. The molecule has 0 amide bonds. The van der Waals surface area contributed by atoms with Gasteiger partial charge in [0.15, 0.2) is 0 Å². The van der Waals surface area contributed by atoms with E-state index in [0.29, 0.717) is 0 Å². The number of epoxide rings is 1. The van der Waals surface area contributed by atoms with E-state index in [0.717, 1.165) is 25.9 Å². The Morgan fingerprint density at radius 1 is 1.70 bits per heavy atom. The molecule has 1 heterocycles. The van der Waals surface area contributed by atoms with Gasteiger partial charge in [0.2, 0.25) is 0 Å². The summed E-state index contributed by atoms with van der Waals surface area (Å²) < 4.78 is 5.11. The van der Waals surface area contributed by atoms with Gasteiger partial charge < -0.3 is 9.84 Å². The second-order valence-electron chi connectivity index (χ2n) is 2.81. The third-order valence-electron chi connectivity index (χ3n) is 1.88. The molecule has 10 heavy (non-hydrogen) atoms. The summed E-state index contributed by atoms with van der Waals surface area (Å²) in [5.74, 6) is 0. The first kappa shape index (κ1) is 7.76. The number of unbranched alkanes of at least 4 members (excludes halogenated alkanes) is 1. The lowest BCUT2D eigenvalue weighted by Crippen LogP contribution is -2.15. The van der Waals surface area contributed by atoms with Crippen LogP contribution < -0.4 is 0 Å². The quantitative estimate of drug-likeness (QED) is 0.354. The van der Waals surface area contributed by atoms with Crippen molar-refractivity contribution in [2.24, 2.45) is 0 Å². The van der Waals surface area contributed by atoms with Gasteiger partial charge in [0.25, 0.3) is 0 Å². The number of hydrogen-bond donors (Lipinski definition) is 1. The van der Waals surface area contributed by atoms with E-state index in [1.165, 1.54) is 0 Å². The minimum absolute atomic E-state index is 0.150. The molecule has 1 fully saturated rings. The lowest BCUT2D eigenvalue weighted by molar-refractivity contribution is 0.162. The molecule has 1 aliphatic heterocycles. The molecular weight excluding hydrogens is 128 g/mol. The van der Waals surface area contributed by atoms with E-state index in [1.807, 2.05) is 6.08 Å². The predicted molar refractivity (Wildman–Crippen MR) is 39.8 cm³/mol. The first-order valence-electron chi connectivity index (χ1n) is 3.69. The number of rotatable bonds is 5. The van der Waals surface area contributed by atoms with E-state index in [2.05, 4.69) is 6.58 Å². The molecule has 1 saturated heterocycles. The van der Waals surface area contributed by atoms with Crippen molar-refractivity contribution in [1.29, 1.82) is 0 Å². The molecular formula is C8H14O2. The van der Waals surface area contributed by atoms with Gasteiger partial charge in [-0.05, 0) is 19.3 Å². The Labute approximate surface area is 61.5 Å². The maximum absolute atomic E-state index is 8.81. The second-order valence-corrected chi connectivity index (χ2v) is 2.81. The van der Waals surface area contributed by atoms with Crippen molar-refractivity contribution in [2.75, 3.05) is 13.2 Å².